The van der Waals surface area contributed by atoms with Gasteiger partial charge in [-0.3, -0.25) is 19.2 Å². The standard InChI is InChI=1S/C50H77N3O10/c1-7-9-11-13-15-17-19-21-23-25-35-53(36-26-24-22-20-18-16-14-12-10-8-2)44-31-27-42(28-32-44)51-52-43-29-33-45(34-30-43)62-50-49(61-41(6)57)48(60-40(5)56)47(59-39(4)55)46(63-50)37-58-38(3)54/h27-34,46-50H,7-26,35-37H2,1-6H3/t46-,47-,48+,49-,50-/m1/s1. The molecule has 13 nitrogen and oxygen atoms in total. The van der Waals surface area contributed by atoms with Crippen molar-refractivity contribution in [3.8, 4) is 5.75 Å². The van der Waals surface area contributed by atoms with E-state index in [0.29, 0.717) is 11.4 Å². The second-order valence-corrected chi connectivity index (χ2v) is 16.7. The highest BCUT2D eigenvalue weighted by atomic mass is 16.7. The van der Waals surface area contributed by atoms with Crippen LogP contribution in [-0.4, -0.2) is 74.3 Å². The Labute approximate surface area is 377 Å². The first kappa shape index (κ1) is 52.8. The van der Waals surface area contributed by atoms with Gasteiger partial charge in [-0.15, -0.1) is 0 Å². The van der Waals surface area contributed by atoms with Crippen molar-refractivity contribution in [2.24, 2.45) is 10.2 Å². The first-order valence-corrected chi connectivity index (χ1v) is 23.8. The summed E-state index contributed by atoms with van der Waals surface area (Å²) in [6.45, 7) is 11.0. The van der Waals surface area contributed by atoms with Crippen LogP contribution in [0.25, 0.3) is 0 Å². The van der Waals surface area contributed by atoms with E-state index in [0.717, 1.165) is 25.7 Å². The number of anilines is 1. The molecule has 13 heteroatoms. The molecule has 0 bridgehead atoms. The Hall–Kier alpha value is -4.52. The van der Waals surface area contributed by atoms with Crippen LogP contribution >= 0.6 is 0 Å². The van der Waals surface area contributed by atoms with Gasteiger partial charge in [0.2, 0.25) is 12.4 Å². The van der Waals surface area contributed by atoms with Crippen LogP contribution in [0, 0.1) is 0 Å². The van der Waals surface area contributed by atoms with Crippen molar-refractivity contribution in [3.05, 3.63) is 48.5 Å². The first-order valence-electron chi connectivity index (χ1n) is 23.8. The maximum Gasteiger partial charge on any atom is 0.303 e. The summed E-state index contributed by atoms with van der Waals surface area (Å²) in [7, 11) is 0. The maximum atomic E-state index is 12.2. The minimum atomic E-state index is -1.34. The fourth-order valence-electron chi connectivity index (χ4n) is 7.80. The molecule has 3 rings (SSSR count). The minimum Gasteiger partial charge on any atom is -0.463 e. The molecule has 0 aromatic heterocycles. The summed E-state index contributed by atoms with van der Waals surface area (Å²) in [6, 6.07) is 15.0. The zero-order valence-corrected chi connectivity index (χ0v) is 39.2. The van der Waals surface area contributed by atoms with Crippen LogP contribution in [0.5, 0.6) is 5.75 Å². The monoisotopic (exact) mass is 880 g/mol. The fourth-order valence-corrected chi connectivity index (χ4v) is 7.80. The largest absolute Gasteiger partial charge is 0.463 e. The van der Waals surface area contributed by atoms with Crippen molar-refractivity contribution >= 4 is 40.9 Å². The smallest absolute Gasteiger partial charge is 0.303 e. The second kappa shape index (κ2) is 31.3. The molecule has 2 aromatic rings. The van der Waals surface area contributed by atoms with Crippen LogP contribution in [0.4, 0.5) is 17.1 Å². The Balaban J connectivity index is 1.63. The molecule has 1 aliphatic rings. The van der Waals surface area contributed by atoms with E-state index in [2.05, 4.69) is 41.1 Å². The van der Waals surface area contributed by atoms with E-state index in [4.69, 9.17) is 28.4 Å². The van der Waals surface area contributed by atoms with E-state index in [1.807, 2.05) is 12.1 Å². The van der Waals surface area contributed by atoms with Crippen LogP contribution < -0.4 is 9.64 Å². The highest BCUT2D eigenvalue weighted by molar-refractivity contribution is 5.68. The van der Waals surface area contributed by atoms with Crippen LogP contribution in [-0.2, 0) is 42.9 Å². The normalized spacial score (nSPS) is 18.5. The third kappa shape index (κ3) is 22.1. The number of azo groups is 1. The zero-order chi connectivity index (χ0) is 45.7. The molecule has 1 aliphatic heterocycles. The lowest BCUT2D eigenvalue weighted by molar-refractivity contribution is -0.288. The summed E-state index contributed by atoms with van der Waals surface area (Å²) in [5.74, 6) is -2.45. The Morgan fingerprint density at radius 1 is 0.508 bits per heavy atom. The maximum absolute atomic E-state index is 12.2. The van der Waals surface area contributed by atoms with E-state index in [1.54, 1.807) is 24.3 Å². The third-order valence-electron chi connectivity index (χ3n) is 11.1. The fraction of sp³-hybridized carbons (Fsp3) is 0.680. The number of benzene rings is 2. The molecule has 0 aliphatic carbocycles. The predicted molar refractivity (Wildman–Crippen MR) is 246 cm³/mol. The van der Waals surface area contributed by atoms with Gasteiger partial charge in [-0.1, -0.05) is 129 Å². The third-order valence-corrected chi connectivity index (χ3v) is 11.1. The topological polar surface area (TPSA) is 152 Å². The SMILES string of the molecule is CCCCCCCCCCCCN(CCCCCCCCCCCC)c1ccc(N=Nc2ccc(O[C@@H]3O[C@H](COC(C)=O)[C@@H](OC(C)=O)[C@H](OC(C)=O)[C@H]3OC(C)=O)cc2)cc1. The average Bonchev–Trinajstić information content (AvgIpc) is 3.25. The van der Waals surface area contributed by atoms with Gasteiger partial charge in [0.1, 0.15) is 18.5 Å². The summed E-state index contributed by atoms with van der Waals surface area (Å²) < 4.78 is 33.8. The van der Waals surface area contributed by atoms with Crippen LogP contribution in [0.1, 0.15) is 170 Å². The Morgan fingerprint density at radius 2 is 0.905 bits per heavy atom. The van der Waals surface area contributed by atoms with Gasteiger partial charge in [-0.2, -0.15) is 10.2 Å². The van der Waals surface area contributed by atoms with Crippen molar-refractivity contribution in [2.45, 2.75) is 201 Å². The number of esters is 4. The van der Waals surface area contributed by atoms with Gasteiger partial charge in [-0.25, -0.2) is 0 Å². The number of ether oxygens (including phenoxy) is 6. The first-order chi connectivity index (χ1) is 30.5. The lowest BCUT2D eigenvalue weighted by Crippen LogP contribution is -2.63. The molecule has 0 unspecified atom stereocenters. The molecule has 1 saturated heterocycles. The molecule has 352 valence electrons. The number of unbranched alkanes of at least 4 members (excludes halogenated alkanes) is 18. The van der Waals surface area contributed by atoms with Gasteiger partial charge in [0, 0.05) is 46.5 Å². The van der Waals surface area contributed by atoms with Crippen molar-refractivity contribution in [1.29, 1.82) is 0 Å². The summed E-state index contributed by atoms with van der Waals surface area (Å²) in [5, 5.41) is 8.93. The van der Waals surface area contributed by atoms with Gasteiger partial charge < -0.3 is 33.3 Å². The number of hydrogen-bond donors (Lipinski definition) is 0. The average molecular weight is 880 g/mol. The summed E-state index contributed by atoms with van der Waals surface area (Å²) >= 11 is 0. The Bertz CT molecular complexity index is 1590. The number of carbonyl (C=O) groups excluding carboxylic acids is 4. The van der Waals surface area contributed by atoms with E-state index in [9.17, 15) is 19.2 Å². The molecule has 0 amide bonds. The van der Waals surface area contributed by atoms with Crippen LogP contribution in [0.15, 0.2) is 58.8 Å². The molecule has 0 N–H and O–H groups in total. The van der Waals surface area contributed by atoms with E-state index in [1.165, 1.54) is 155 Å². The van der Waals surface area contributed by atoms with Crippen molar-refractivity contribution in [2.75, 3.05) is 24.6 Å². The Kier molecular flexibility index (Phi) is 26.3. The number of hydrogen-bond acceptors (Lipinski definition) is 13. The van der Waals surface area contributed by atoms with Gasteiger partial charge in [0.15, 0.2) is 12.2 Å². The van der Waals surface area contributed by atoms with E-state index >= 15 is 0 Å². The quantitative estimate of drug-likeness (QED) is 0.0299. The molecule has 5 atom stereocenters. The van der Waals surface area contributed by atoms with Crippen molar-refractivity contribution in [3.63, 3.8) is 0 Å². The molecule has 0 saturated carbocycles. The molecule has 1 heterocycles. The molecule has 2 aromatic carbocycles. The lowest BCUT2D eigenvalue weighted by Gasteiger charge is -2.43. The molecule has 63 heavy (non-hydrogen) atoms. The predicted octanol–water partition coefficient (Wildman–Crippen LogP) is 12.2. The highest BCUT2D eigenvalue weighted by Crippen LogP contribution is 2.32. The summed E-state index contributed by atoms with van der Waals surface area (Å²) in [4.78, 5) is 50.6. The van der Waals surface area contributed by atoms with Crippen molar-refractivity contribution < 1.29 is 47.6 Å². The number of carbonyl (C=O) groups is 4. The number of rotatable bonds is 32. The number of nitrogens with zero attached hydrogens (tertiary/aromatic N) is 3. The summed E-state index contributed by atoms with van der Waals surface area (Å²) in [5.41, 5.74) is 2.51. The second-order valence-electron chi connectivity index (χ2n) is 16.7. The zero-order valence-electron chi connectivity index (χ0n) is 39.2. The lowest BCUT2D eigenvalue weighted by atomic mass is 9.98. The highest BCUT2D eigenvalue weighted by Gasteiger charge is 2.53. The van der Waals surface area contributed by atoms with E-state index in [-0.39, 0.29) is 6.61 Å². The molecule has 0 spiro atoms. The molecule has 0 radical (unpaired) electrons. The van der Waals surface area contributed by atoms with Crippen LogP contribution in [0.3, 0.4) is 0 Å². The van der Waals surface area contributed by atoms with Crippen LogP contribution in [0.2, 0.25) is 0 Å². The Morgan fingerprint density at radius 3 is 1.33 bits per heavy atom. The summed E-state index contributed by atoms with van der Waals surface area (Å²) in [6.07, 6.45) is 20.1. The molecular formula is C50H77N3O10. The van der Waals surface area contributed by atoms with E-state index < -0.39 is 54.6 Å². The van der Waals surface area contributed by atoms with Gasteiger partial charge in [0.05, 0.1) is 11.4 Å². The molecular weight excluding hydrogens is 803 g/mol. The minimum absolute atomic E-state index is 0.309. The van der Waals surface area contributed by atoms with Gasteiger partial charge in [-0.05, 0) is 61.4 Å². The van der Waals surface area contributed by atoms with Gasteiger partial charge >= 0.3 is 23.9 Å². The van der Waals surface area contributed by atoms with Gasteiger partial charge in [0.25, 0.3) is 0 Å². The molecule has 1 fully saturated rings. The van der Waals surface area contributed by atoms with Crippen molar-refractivity contribution in [1.82, 2.24) is 0 Å².